The van der Waals surface area contributed by atoms with Gasteiger partial charge in [-0.25, -0.2) is 4.39 Å². The van der Waals surface area contributed by atoms with Crippen LogP contribution in [-0.4, -0.2) is 4.99 Å². The predicted octanol–water partition coefficient (Wildman–Crippen LogP) is 4.93. The number of nitrogens with two attached hydrogens (primary N) is 1. The third-order valence-corrected chi connectivity index (χ3v) is 4.87. The lowest BCUT2D eigenvalue weighted by Crippen LogP contribution is -2.10. The van der Waals surface area contributed by atoms with Crippen LogP contribution in [0.3, 0.4) is 0 Å². The summed E-state index contributed by atoms with van der Waals surface area (Å²) in [5.41, 5.74) is 10.2. The quantitative estimate of drug-likeness (QED) is 0.357. The van der Waals surface area contributed by atoms with Crippen LogP contribution in [0.1, 0.15) is 22.3 Å². The van der Waals surface area contributed by atoms with Crippen molar-refractivity contribution in [3.8, 4) is 6.07 Å². The van der Waals surface area contributed by atoms with Crippen molar-refractivity contribution >= 4 is 35.0 Å². The number of halogens is 1. The maximum atomic E-state index is 13.0. The monoisotopic (exact) mass is 356 g/mol. The van der Waals surface area contributed by atoms with Gasteiger partial charge in [-0.1, -0.05) is 29.9 Å². The molecule has 122 valence electrons. The molecule has 2 N–H and O–H groups in total. The summed E-state index contributed by atoms with van der Waals surface area (Å²) >= 11 is 6.54. The molecule has 0 aliphatic heterocycles. The predicted molar refractivity (Wildman–Crippen MR) is 102 cm³/mol. The van der Waals surface area contributed by atoms with Crippen LogP contribution in [0.5, 0.6) is 0 Å². The minimum absolute atomic E-state index is 0.0978. The highest BCUT2D eigenvalue weighted by atomic mass is 32.2. The van der Waals surface area contributed by atoms with E-state index in [1.165, 1.54) is 12.1 Å². The van der Waals surface area contributed by atoms with E-state index in [0.717, 1.165) is 32.9 Å². The Kier molecular flexibility index (Phi) is 6.13. The van der Waals surface area contributed by atoms with Gasteiger partial charge < -0.3 is 5.73 Å². The van der Waals surface area contributed by atoms with Crippen molar-refractivity contribution in [2.75, 3.05) is 0 Å². The molecular formula is C19H17FN2S2. The second kappa shape index (κ2) is 8.09. The molecule has 0 amide bonds. The number of hydrogen-bond donors (Lipinski definition) is 1. The Balaban J connectivity index is 2.30. The number of rotatable bonds is 5. The summed E-state index contributed by atoms with van der Waals surface area (Å²) in [4.78, 5) is 1.11. The van der Waals surface area contributed by atoms with Gasteiger partial charge in [0.05, 0.1) is 5.57 Å². The smallest absolute Gasteiger partial charge is 0.123 e. The number of nitriles is 1. The summed E-state index contributed by atoms with van der Waals surface area (Å²) in [6.45, 7) is 4.02. The van der Waals surface area contributed by atoms with Crippen LogP contribution in [-0.2, 0) is 5.75 Å². The lowest BCUT2D eigenvalue weighted by molar-refractivity contribution is 0.626. The number of nitrogens with zero attached hydrogens (tertiary/aromatic N) is 1. The van der Waals surface area contributed by atoms with E-state index >= 15 is 0 Å². The van der Waals surface area contributed by atoms with Gasteiger partial charge in [0.25, 0.3) is 0 Å². The highest BCUT2D eigenvalue weighted by Crippen LogP contribution is 2.27. The number of thiocarbonyl (C=S) groups is 1. The van der Waals surface area contributed by atoms with Crippen LogP contribution < -0.4 is 5.73 Å². The molecule has 0 saturated heterocycles. The second-order valence-electron chi connectivity index (χ2n) is 5.41. The third kappa shape index (κ3) is 4.67. The molecule has 0 aliphatic carbocycles. The van der Waals surface area contributed by atoms with Crippen LogP contribution in [0.2, 0.25) is 0 Å². The van der Waals surface area contributed by atoms with Crippen LogP contribution in [0, 0.1) is 31.0 Å². The first-order valence-corrected chi connectivity index (χ1v) is 8.70. The lowest BCUT2D eigenvalue weighted by Gasteiger charge is -2.11. The highest BCUT2D eigenvalue weighted by molar-refractivity contribution is 7.98. The first-order valence-electron chi connectivity index (χ1n) is 7.31. The molecule has 2 aromatic rings. The van der Waals surface area contributed by atoms with E-state index in [-0.39, 0.29) is 10.8 Å². The molecule has 0 atom stereocenters. The van der Waals surface area contributed by atoms with E-state index in [2.05, 4.69) is 6.07 Å². The van der Waals surface area contributed by atoms with Gasteiger partial charge in [0.1, 0.15) is 16.9 Å². The Bertz CT molecular complexity index is 834. The average Bonchev–Trinajstić information content (AvgIpc) is 2.55. The van der Waals surface area contributed by atoms with Crippen LogP contribution in [0.15, 0.2) is 46.9 Å². The summed E-state index contributed by atoms with van der Waals surface area (Å²) < 4.78 is 13.0. The van der Waals surface area contributed by atoms with E-state index in [9.17, 15) is 4.39 Å². The fourth-order valence-electron chi connectivity index (χ4n) is 2.27. The zero-order valence-corrected chi connectivity index (χ0v) is 15.1. The molecular weight excluding hydrogens is 339 g/mol. The number of benzene rings is 2. The summed E-state index contributed by atoms with van der Waals surface area (Å²) in [6, 6.07) is 12.6. The zero-order chi connectivity index (χ0) is 17.7. The molecule has 0 aliphatic rings. The molecule has 2 rings (SSSR count). The topological polar surface area (TPSA) is 49.8 Å². The molecule has 2 aromatic carbocycles. The fourth-order valence-corrected chi connectivity index (χ4v) is 3.32. The first-order chi connectivity index (χ1) is 11.4. The van der Waals surface area contributed by atoms with Crippen molar-refractivity contribution in [3.63, 3.8) is 0 Å². The Morgan fingerprint density at radius 2 is 1.96 bits per heavy atom. The van der Waals surface area contributed by atoms with Gasteiger partial charge >= 0.3 is 0 Å². The maximum absolute atomic E-state index is 13.0. The number of hydrogen-bond acceptors (Lipinski definition) is 3. The van der Waals surface area contributed by atoms with Gasteiger partial charge in [0.2, 0.25) is 0 Å². The SMILES string of the molecule is Cc1cc(C=C(C#N)C(N)=S)c(C)c(CSc2ccc(F)cc2)c1. The molecule has 24 heavy (non-hydrogen) atoms. The van der Waals surface area contributed by atoms with Gasteiger partial charge in [-0.3, -0.25) is 0 Å². The largest absolute Gasteiger partial charge is 0.389 e. The molecule has 0 radical (unpaired) electrons. The summed E-state index contributed by atoms with van der Waals surface area (Å²) in [6.07, 6.45) is 1.73. The zero-order valence-electron chi connectivity index (χ0n) is 13.5. The Morgan fingerprint density at radius 1 is 1.29 bits per heavy atom. The van der Waals surface area contributed by atoms with Gasteiger partial charge in [-0.15, -0.1) is 11.8 Å². The van der Waals surface area contributed by atoms with E-state index < -0.39 is 0 Å². The summed E-state index contributed by atoms with van der Waals surface area (Å²) in [5, 5.41) is 9.14. The first kappa shape index (κ1) is 18.2. The van der Waals surface area contributed by atoms with E-state index in [0.29, 0.717) is 5.57 Å². The number of thioether (sulfide) groups is 1. The van der Waals surface area contributed by atoms with Gasteiger partial charge in [-0.05, 0) is 60.9 Å². The Hall–Kier alpha value is -2.16. The molecule has 0 aromatic heterocycles. The van der Waals surface area contributed by atoms with Crippen molar-refractivity contribution < 1.29 is 4.39 Å². The molecule has 2 nitrogen and oxygen atoms in total. The molecule has 0 heterocycles. The third-order valence-electron chi connectivity index (χ3n) is 3.59. The van der Waals surface area contributed by atoms with Gasteiger partial charge in [-0.2, -0.15) is 5.26 Å². The summed E-state index contributed by atoms with van der Waals surface area (Å²) in [7, 11) is 0. The van der Waals surface area contributed by atoms with Crippen molar-refractivity contribution in [3.05, 3.63) is 70.0 Å². The Labute approximate surface area is 151 Å². The normalized spacial score (nSPS) is 11.2. The van der Waals surface area contributed by atoms with Crippen molar-refractivity contribution in [2.45, 2.75) is 24.5 Å². The van der Waals surface area contributed by atoms with Crippen LogP contribution in [0.4, 0.5) is 4.39 Å². The molecule has 0 unspecified atom stereocenters. The molecule has 0 bridgehead atoms. The van der Waals surface area contributed by atoms with Gasteiger partial charge in [0.15, 0.2) is 0 Å². The number of aryl methyl sites for hydroxylation is 1. The standard InChI is InChI=1S/C19H17FN2S2/c1-12-7-14(9-15(10-21)19(22)23)13(2)16(8-12)11-24-18-5-3-17(20)4-6-18/h3-9H,11H2,1-2H3,(H2,22,23). The second-order valence-corrected chi connectivity index (χ2v) is 6.90. The van der Waals surface area contributed by atoms with E-state index in [1.54, 1.807) is 30.0 Å². The van der Waals surface area contributed by atoms with Crippen molar-refractivity contribution in [1.29, 1.82) is 5.26 Å². The fraction of sp³-hybridized carbons (Fsp3) is 0.158. The van der Waals surface area contributed by atoms with E-state index in [1.807, 2.05) is 26.0 Å². The molecule has 5 heteroatoms. The lowest BCUT2D eigenvalue weighted by atomic mass is 9.98. The van der Waals surface area contributed by atoms with Crippen LogP contribution in [0.25, 0.3) is 6.08 Å². The van der Waals surface area contributed by atoms with Crippen LogP contribution >= 0.6 is 24.0 Å². The maximum Gasteiger partial charge on any atom is 0.123 e. The molecule has 0 fully saturated rings. The minimum Gasteiger partial charge on any atom is -0.389 e. The van der Waals surface area contributed by atoms with Crippen molar-refractivity contribution in [2.24, 2.45) is 5.73 Å². The van der Waals surface area contributed by atoms with Gasteiger partial charge in [0, 0.05) is 10.6 Å². The van der Waals surface area contributed by atoms with Crippen molar-refractivity contribution in [1.82, 2.24) is 0 Å². The summed E-state index contributed by atoms with van der Waals surface area (Å²) in [5.74, 6) is 0.523. The van der Waals surface area contributed by atoms with E-state index in [4.69, 9.17) is 23.2 Å². The minimum atomic E-state index is -0.236. The molecule has 0 spiro atoms. The Morgan fingerprint density at radius 3 is 2.54 bits per heavy atom. The average molecular weight is 356 g/mol. The molecule has 0 saturated carbocycles. The highest BCUT2D eigenvalue weighted by Gasteiger charge is 2.08.